The molecule has 1 unspecified atom stereocenters. The zero-order chi connectivity index (χ0) is 20.4. The third kappa shape index (κ3) is 3.72. The summed E-state index contributed by atoms with van der Waals surface area (Å²) < 4.78 is 34.5. The number of carbonyl (C=O) groups is 2. The normalized spacial score (nSPS) is 12.0. The maximum absolute atomic E-state index is 13.6. The lowest BCUT2D eigenvalue weighted by Gasteiger charge is -2.14. The zero-order valence-electron chi connectivity index (χ0n) is 14.8. The number of carbonyl (C=O) groups excluding carboxylic acids is 2. The number of fused-ring (bicyclic) bond motifs is 1. The molecule has 146 valence electrons. The van der Waals surface area contributed by atoms with Crippen molar-refractivity contribution < 1.29 is 23.1 Å². The molecular formula is C17H15F2N5O4. The van der Waals surface area contributed by atoms with Gasteiger partial charge in [0.05, 0.1) is 6.20 Å². The van der Waals surface area contributed by atoms with E-state index in [4.69, 9.17) is 4.74 Å². The number of hydrogen-bond acceptors (Lipinski definition) is 6. The standard InChI is InChI=1S/C17H15F2N5O4/c1-9(16(26)22-14-11(18)4-3-5-12(14)19)28-13(25)7-24-8-20-15-10(17(24)27)6-21-23(15)2/h3-6,8-9H,7H2,1-2H3,(H,22,26). The Balaban J connectivity index is 1.67. The van der Waals surface area contributed by atoms with Gasteiger partial charge in [-0.1, -0.05) is 6.07 Å². The lowest BCUT2D eigenvalue weighted by molar-refractivity contribution is -0.153. The number of nitrogens with zero attached hydrogens (tertiary/aromatic N) is 4. The Hall–Kier alpha value is -3.63. The summed E-state index contributed by atoms with van der Waals surface area (Å²) in [4.78, 5) is 40.4. The van der Waals surface area contributed by atoms with Gasteiger partial charge in [0.15, 0.2) is 11.8 Å². The van der Waals surface area contributed by atoms with Gasteiger partial charge >= 0.3 is 5.97 Å². The van der Waals surface area contributed by atoms with E-state index >= 15 is 0 Å². The summed E-state index contributed by atoms with van der Waals surface area (Å²) in [7, 11) is 1.62. The van der Waals surface area contributed by atoms with Crippen molar-refractivity contribution in [3.63, 3.8) is 0 Å². The number of halogens is 2. The quantitative estimate of drug-likeness (QED) is 0.650. The Labute approximate surface area is 156 Å². The van der Waals surface area contributed by atoms with Gasteiger partial charge < -0.3 is 10.1 Å². The summed E-state index contributed by atoms with van der Waals surface area (Å²) >= 11 is 0. The topological polar surface area (TPSA) is 108 Å². The Morgan fingerprint density at radius 3 is 2.64 bits per heavy atom. The van der Waals surface area contributed by atoms with E-state index in [0.717, 1.165) is 29.1 Å². The number of benzene rings is 1. The van der Waals surface area contributed by atoms with Gasteiger partial charge in [0.2, 0.25) is 0 Å². The van der Waals surface area contributed by atoms with E-state index in [2.05, 4.69) is 10.1 Å². The van der Waals surface area contributed by atoms with Crippen LogP contribution in [0, 0.1) is 11.6 Å². The van der Waals surface area contributed by atoms with Gasteiger partial charge in [0.1, 0.15) is 35.6 Å². The van der Waals surface area contributed by atoms with E-state index in [1.54, 1.807) is 7.05 Å². The van der Waals surface area contributed by atoms with Gasteiger partial charge in [-0.15, -0.1) is 0 Å². The van der Waals surface area contributed by atoms with Crippen molar-refractivity contribution in [2.75, 3.05) is 5.32 Å². The van der Waals surface area contributed by atoms with Crippen LogP contribution in [0.1, 0.15) is 6.92 Å². The summed E-state index contributed by atoms with van der Waals surface area (Å²) in [6.45, 7) is 0.736. The number of aromatic nitrogens is 4. The van der Waals surface area contributed by atoms with Crippen LogP contribution >= 0.6 is 0 Å². The van der Waals surface area contributed by atoms with Crippen LogP contribution in [0.2, 0.25) is 0 Å². The Morgan fingerprint density at radius 2 is 1.96 bits per heavy atom. The highest BCUT2D eigenvalue weighted by molar-refractivity contribution is 5.95. The van der Waals surface area contributed by atoms with Gasteiger partial charge in [-0.3, -0.25) is 23.6 Å². The zero-order valence-corrected chi connectivity index (χ0v) is 14.8. The van der Waals surface area contributed by atoms with E-state index < -0.39 is 47.4 Å². The highest BCUT2D eigenvalue weighted by atomic mass is 19.1. The summed E-state index contributed by atoms with van der Waals surface area (Å²) in [5.41, 5.74) is -0.785. The molecule has 3 rings (SSSR count). The average Bonchev–Trinajstić information content (AvgIpc) is 3.02. The monoisotopic (exact) mass is 391 g/mol. The molecule has 0 aliphatic carbocycles. The number of rotatable bonds is 5. The molecule has 0 bridgehead atoms. The van der Waals surface area contributed by atoms with Gasteiger partial charge in [-0.25, -0.2) is 13.8 Å². The maximum atomic E-state index is 13.6. The van der Waals surface area contributed by atoms with Crippen LogP contribution in [0.5, 0.6) is 0 Å². The molecule has 1 N–H and O–H groups in total. The number of anilines is 1. The summed E-state index contributed by atoms with van der Waals surface area (Å²) in [5, 5.41) is 6.16. The highest BCUT2D eigenvalue weighted by Crippen LogP contribution is 2.18. The summed E-state index contributed by atoms with van der Waals surface area (Å²) in [6, 6.07) is 3.10. The number of nitrogens with one attached hydrogen (secondary N) is 1. The van der Waals surface area contributed by atoms with E-state index in [1.165, 1.54) is 17.8 Å². The van der Waals surface area contributed by atoms with E-state index in [-0.39, 0.29) is 5.39 Å². The molecule has 0 aliphatic heterocycles. The van der Waals surface area contributed by atoms with Crippen molar-refractivity contribution in [2.45, 2.75) is 19.6 Å². The largest absolute Gasteiger partial charge is 0.451 e. The van der Waals surface area contributed by atoms with E-state index in [0.29, 0.717) is 5.65 Å². The molecular weight excluding hydrogens is 376 g/mol. The van der Waals surface area contributed by atoms with Gasteiger partial charge in [-0.05, 0) is 19.1 Å². The summed E-state index contributed by atoms with van der Waals surface area (Å²) in [5.74, 6) is -3.75. The number of hydrogen-bond donors (Lipinski definition) is 1. The fourth-order valence-electron chi connectivity index (χ4n) is 2.45. The van der Waals surface area contributed by atoms with Crippen LogP contribution in [-0.2, 0) is 27.9 Å². The number of amides is 1. The average molecular weight is 391 g/mol. The maximum Gasteiger partial charge on any atom is 0.326 e. The van der Waals surface area contributed by atoms with Gasteiger partial charge in [0, 0.05) is 7.05 Å². The first kappa shape index (κ1) is 19.1. The van der Waals surface area contributed by atoms with Crippen LogP contribution in [0.25, 0.3) is 11.0 Å². The SMILES string of the molecule is CC(OC(=O)Cn1cnc2c(cnn2C)c1=O)C(=O)Nc1c(F)cccc1F. The second-order valence-electron chi connectivity index (χ2n) is 5.90. The Kier molecular flexibility index (Phi) is 5.16. The van der Waals surface area contributed by atoms with Crippen molar-refractivity contribution in [1.82, 2.24) is 19.3 Å². The fourth-order valence-corrected chi connectivity index (χ4v) is 2.45. The van der Waals surface area contributed by atoms with E-state index in [9.17, 15) is 23.2 Å². The summed E-state index contributed by atoms with van der Waals surface area (Å²) in [6.07, 6.45) is 1.13. The van der Waals surface area contributed by atoms with Crippen LogP contribution in [0.3, 0.4) is 0 Å². The van der Waals surface area contributed by atoms with Crippen molar-refractivity contribution in [3.8, 4) is 0 Å². The molecule has 0 saturated carbocycles. The molecule has 0 aliphatic rings. The van der Waals surface area contributed by atoms with Crippen LogP contribution in [-0.4, -0.2) is 37.3 Å². The molecule has 1 atom stereocenters. The molecule has 2 aromatic heterocycles. The minimum Gasteiger partial charge on any atom is -0.451 e. The number of para-hydroxylation sites is 1. The van der Waals surface area contributed by atoms with E-state index in [1.807, 2.05) is 5.32 Å². The number of aryl methyl sites for hydroxylation is 1. The Bertz CT molecular complexity index is 1100. The van der Waals surface area contributed by atoms with Crippen molar-refractivity contribution >= 4 is 28.6 Å². The molecule has 11 heteroatoms. The molecule has 3 aromatic rings. The molecule has 0 fully saturated rings. The first-order valence-electron chi connectivity index (χ1n) is 8.09. The third-order valence-corrected chi connectivity index (χ3v) is 3.91. The number of esters is 1. The molecule has 9 nitrogen and oxygen atoms in total. The molecule has 2 heterocycles. The van der Waals surface area contributed by atoms with Crippen molar-refractivity contribution in [1.29, 1.82) is 0 Å². The predicted molar refractivity (Wildman–Crippen MR) is 93.3 cm³/mol. The molecule has 28 heavy (non-hydrogen) atoms. The Morgan fingerprint density at radius 1 is 1.29 bits per heavy atom. The molecule has 0 spiro atoms. The minimum absolute atomic E-state index is 0.221. The fraction of sp³-hybridized carbons (Fsp3) is 0.235. The van der Waals surface area contributed by atoms with Crippen LogP contribution in [0.4, 0.5) is 14.5 Å². The van der Waals surface area contributed by atoms with Crippen molar-refractivity contribution in [2.24, 2.45) is 7.05 Å². The minimum atomic E-state index is -1.35. The van der Waals surface area contributed by atoms with Crippen LogP contribution < -0.4 is 10.9 Å². The first-order valence-corrected chi connectivity index (χ1v) is 8.09. The van der Waals surface area contributed by atoms with Crippen LogP contribution in [0.15, 0.2) is 35.5 Å². The third-order valence-electron chi connectivity index (χ3n) is 3.91. The second kappa shape index (κ2) is 7.55. The van der Waals surface area contributed by atoms with Crippen molar-refractivity contribution in [3.05, 3.63) is 52.7 Å². The lowest BCUT2D eigenvalue weighted by Crippen LogP contribution is -2.33. The van der Waals surface area contributed by atoms with Gasteiger partial charge in [0.25, 0.3) is 11.5 Å². The molecule has 0 radical (unpaired) electrons. The lowest BCUT2D eigenvalue weighted by atomic mass is 10.2. The predicted octanol–water partition coefficient (Wildman–Crippen LogP) is 0.979. The first-order chi connectivity index (χ1) is 13.3. The molecule has 0 saturated heterocycles. The smallest absolute Gasteiger partial charge is 0.326 e. The molecule has 1 amide bonds. The highest BCUT2D eigenvalue weighted by Gasteiger charge is 2.21. The van der Waals surface area contributed by atoms with Gasteiger partial charge in [-0.2, -0.15) is 5.10 Å². The molecule has 1 aromatic carbocycles. The number of ether oxygens (including phenoxy) is 1. The second-order valence-corrected chi connectivity index (χ2v) is 5.90.